The third-order valence-corrected chi connectivity index (χ3v) is 5.30. The Morgan fingerprint density at radius 1 is 1.33 bits per heavy atom. The molecule has 0 radical (unpaired) electrons. The second-order valence-electron chi connectivity index (χ2n) is 5.55. The van der Waals surface area contributed by atoms with E-state index in [9.17, 15) is 8.42 Å². The SMILES string of the molecule is CN1CCN(C)C(CNS(=O)(=O)c2cccc(CO)c2)C1. The summed E-state index contributed by atoms with van der Waals surface area (Å²) in [5.41, 5.74) is 0.590. The molecule has 1 unspecified atom stereocenters. The van der Waals surface area contributed by atoms with Crippen molar-refractivity contribution < 1.29 is 13.5 Å². The third-order valence-electron chi connectivity index (χ3n) is 3.88. The first-order valence-electron chi connectivity index (χ1n) is 7.00. The van der Waals surface area contributed by atoms with Gasteiger partial charge in [0.2, 0.25) is 10.0 Å². The molecule has 1 aromatic carbocycles. The molecule has 1 aromatic rings. The van der Waals surface area contributed by atoms with Crippen molar-refractivity contribution in [1.29, 1.82) is 0 Å². The summed E-state index contributed by atoms with van der Waals surface area (Å²) >= 11 is 0. The molecule has 1 heterocycles. The molecular formula is C14H23N3O3S. The van der Waals surface area contributed by atoms with Gasteiger partial charge in [-0.05, 0) is 31.8 Å². The van der Waals surface area contributed by atoms with Gasteiger partial charge in [0.05, 0.1) is 11.5 Å². The second-order valence-corrected chi connectivity index (χ2v) is 7.32. The maximum Gasteiger partial charge on any atom is 0.240 e. The van der Waals surface area contributed by atoms with Gasteiger partial charge in [-0.2, -0.15) is 0 Å². The Hall–Kier alpha value is -0.990. The number of nitrogens with zero attached hydrogens (tertiary/aromatic N) is 2. The van der Waals surface area contributed by atoms with Gasteiger partial charge in [0, 0.05) is 32.2 Å². The fourth-order valence-electron chi connectivity index (χ4n) is 2.42. The summed E-state index contributed by atoms with van der Waals surface area (Å²) in [6, 6.07) is 6.54. The van der Waals surface area contributed by atoms with Crippen molar-refractivity contribution in [2.24, 2.45) is 0 Å². The topological polar surface area (TPSA) is 72.9 Å². The number of nitrogens with one attached hydrogen (secondary N) is 1. The van der Waals surface area contributed by atoms with Crippen LogP contribution in [0.2, 0.25) is 0 Å². The van der Waals surface area contributed by atoms with Crippen molar-refractivity contribution in [1.82, 2.24) is 14.5 Å². The molecule has 0 aromatic heterocycles. The highest BCUT2D eigenvalue weighted by atomic mass is 32.2. The van der Waals surface area contributed by atoms with E-state index < -0.39 is 10.0 Å². The molecular weight excluding hydrogens is 290 g/mol. The largest absolute Gasteiger partial charge is 0.392 e. The van der Waals surface area contributed by atoms with E-state index in [1.165, 1.54) is 12.1 Å². The van der Waals surface area contributed by atoms with Gasteiger partial charge in [0.15, 0.2) is 0 Å². The monoisotopic (exact) mass is 313 g/mol. The summed E-state index contributed by atoms with van der Waals surface area (Å²) in [6.07, 6.45) is 0. The number of hydrogen-bond acceptors (Lipinski definition) is 5. The lowest BCUT2D eigenvalue weighted by Crippen LogP contribution is -2.54. The van der Waals surface area contributed by atoms with Crippen molar-refractivity contribution in [3.63, 3.8) is 0 Å². The molecule has 1 fully saturated rings. The van der Waals surface area contributed by atoms with E-state index in [0.29, 0.717) is 12.1 Å². The fraction of sp³-hybridized carbons (Fsp3) is 0.571. The number of hydrogen-bond donors (Lipinski definition) is 2. The molecule has 118 valence electrons. The average Bonchev–Trinajstić information content (AvgIpc) is 2.48. The minimum atomic E-state index is -3.54. The van der Waals surface area contributed by atoms with Crippen LogP contribution in [0, 0.1) is 0 Å². The van der Waals surface area contributed by atoms with Crippen molar-refractivity contribution in [3.05, 3.63) is 29.8 Å². The summed E-state index contributed by atoms with van der Waals surface area (Å²) < 4.78 is 27.3. The first-order valence-corrected chi connectivity index (χ1v) is 8.49. The normalized spacial score (nSPS) is 21.6. The molecule has 0 spiro atoms. The lowest BCUT2D eigenvalue weighted by atomic mass is 10.2. The molecule has 1 atom stereocenters. The van der Waals surface area contributed by atoms with E-state index in [4.69, 9.17) is 5.11 Å². The van der Waals surface area contributed by atoms with Crippen LogP contribution in [0.25, 0.3) is 0 Å². The zero-order valence-electron chi connectivity index (χ0n) is 12.5. The summed E-state index contributed by atoms with van der Waals surface area (Å²) in [5.74, 6) is 0. The summed E-state index contributed by atoms with van der Waals surface area (Å²) in [4.78, 5) is 4.57. The molecule has 0 aliphatic carbocycles. The zero-order valence-corrected chi connectivity index (χ0v) is 13.3. The number of aliphatic hydroxyl groups is 1. The number of benzene rings is 1. The Labute approximate surface area is 126 Å². The van der Waals surface area contributed by atoms with Crippen molar-refractivity contribution in [2.45, 2.75) is 17.5 Å². The molecule has 7 heteroatoms. The van der Waals surface area contributed by atoms with Gasteiger partial charge in [-0.1, -0.05) is 12.1 Å². The Kier molecular flexibility index (Phi) is 5.34. The van der Waals surface area contributed by atoms with E-state index >= 15 is 0 Å². The first-order chi connectivity index (χ1) is 9.92. The minimum absolute atomic E-state index is 0.166. The Morgan fingerprint density at radius 3 is 2.81 bits per heavy atom. The van der Waals surface area contributed by atoms with Crippen LogP contribution in [0.4, 0.5) is 0 Å². The smallest absolute Gasteiger partial charge is 0.240 e. The number of sulfonamides is 1. The van der Waals surface area contributed by atoms with Crippen LogP contribution in [0.3, 0.4) is 0 Å². The lowest BCUT2D eigenvalue weighted by molar-refractivity contribution is 0.117. The predicted octanol–water partition coefficient (Wildman–Crippen LogP) is -0.297. The number of aliphatic hydroxyl groups excluding tert-OH is 1. The average molecular weight is 313 g/mol. The fourth-order valence-corrected chi connectivity index (χ4v) is 3.56. The highest BCUT2D eigenvalue weighted by Gasteiger charge is 2.24. The number of rotatable bonds is 5. The molecule has 1 aliphatic rings. The minimum Gasteiger partial charge on any atom is -0.392 e. The summed E-state index contributed by atoms with van der Waals surface area (Å²) in [7, 11) is 0.514. The maximum atomic E-state index is 12.3. The van der Waals surface area contributed by atoms with Gasteiger partial charge in [0.1, 0.15) is 0 Å². The van der Waals surface area contributed by atoms with Crippen LogP contribution >= 0.6 is 0 Å². The molecule has 0 amide bonds. The van der Waals surface area contributed by atoms with Gasteiger partial charge < -0.3 is 10.0 Å². The highest BCUT2D eigenvalue weighted by molar-refractivity contribution is 7.89. The molecule has 1 saturated heterocycles. The van der Waals surface area contributed by atoms with Gasteiger partial charge >= 0.3 is 0 Å². The van der Waals surface area contributed by atoms with Crippen LogP contribution in [-0.2, 0) is 16.6 Å². The predicted molar refractivity (Wildman–Crippen MR) is 81.5 cm³/mol. The van der Waals surface area contributed by atoms with Gasteiger partial charge in [0.25, 0.3) is 0 Å². The molecule has 2 N–H and O–H groups in total. The first kappa shape index (κ1) is 16.4. The lowest BCUT2D eigenvalue weighted by Gasteiger charge is -2.37. The van der Waals surface area contributed by atoms with E-state index in [-0.39, 0.29) is 17.5 Å². The highest BCUT2D eigenvalue weighted by Crippen LogP contribution is 2.12. The molecule has 2 rings (SSSR count). The number of piperazine rings is 1. The van der Waals surface area contributed by atoms with E-state index in [0.717, 1.165) is 19.6 Å². The quantitative estimate of drug-likeness (QED) is 0.781. The molecule has 1 aliphatic heterocycles. The van der Waals surface area contributed by atoms with E-state index in [1.807, 2.05) is 14.1 Å². The zero-order chi connectivity index (χ0) is 15.5. The molecule has 0 bridgehead atoms. The van der Waals surface area contributed by atoms with Crippen molar-refractivity contribution in [3.8, 4) is 0 Å². The third kappa shape index (κ3) is 4.24. The standard InChI is InChI=1S/C14H23N3O3S/c1-16-6-7-17(2)13(10-16)9-15-21(19,20)14-5-3-4-12(8-14)11-18/h3-5,8,13,15,18H,6-7,9-11H2,1-2H3. The Balaban J connectivity index is 2.03. The number of likely N-dealkylation sites (N-methyl/N-ethyl adjacent to an activating group) is 2. The summed E-state index contributed by atoms with van der Waals surface area (Å²) in [5, 5.41) is 9.10. The van der Waals surface area contributed by atoms with Gasteiger partial charge in [-0.25, -0.2) is 13.1 Å². The molecule has 21 heavy (non-hydrogen) atoms. The van der Waals surface area contributed by atoms with Crippen LogP contribution in [0.1, 0.15) is 5.56 Å². The van der Waals surface area contributed by atoms with Crippen molar-refractivity contribution >= 4 is 10.0 Å². The van der Waals surface area contributed by atoms with E-state index in [1.54, 1.807) is 12.1 Å². The van der Waals surface area contributed by atoms with Crippen molar-refractivity contribution in [2.75, 3.05) is 40.3 Å². The van der Waals surface area contributed by atoms with Crippen LogP contribution < -0.4 is 4.72 Å². The van der Waals surface area contributed by atoms with E-state index in [2.05, 4.69) is 14.5 Å². The Bertz CT molecular complexity index is 577. The van der Waals surface area contributed by atoms with Gasteiger partial charge in [-0.3, -0.25) is 4.90 Å². The molecule has 0 saturated carbocycles. The van der Waals surface area contributed by atoms with Gasteiger partial charge in [-0.15, -0.1) is 0 Å². The van der Waals surface area contributed by atoms with Crippen LogP contribution in [-0.4, -0.2) is 69.6 Å². The summed E-state index contributed by atoms with van der Waals surface area (Å²) in [6.45, 7) is 2.99. The molecule has 6 nitrogen and oxygen atoms in total. The van der Waals surface area contributed by atoms with Crippen LogP contribution in [0.15, 0.2) is 29.2 Å². The van der Waals surface area contributed by atoms with Crippen LogP contribution in [0.5, 0.6) is 0 Å². The maximum absolute atomic E-state index is 12.3. The second kappa shape index (κ2) is 6.85. The Morgan fingerprint density at radius 2 is 2.10 bits per heavy atom.